The Morgan fingerprint density at radius 3 is 2.74 bits per heavy atom. The van der Waals surface area contributed by atoms with Crippen molar-refractivity contribution in [2.24, 2.45) is 5.92 Å². The molecule has 0 aromatic carbocycles. The number of urea groups is 1. The van der Waals surface area contributed by atoms with Gasteiger partial charge in [-0.3, -0.25) is 0 Å². The largest absolute Gasteiger partial charge is 0.368 e. The third-order valence-corrected chi connectivity index (χ3v) is 6.08. The molecule has 27 heavy (non-hydrogen) atoms. The zero-order valence-corrected chi connectivity index (χ0v) is 16.3. The Labute approximate surface area is 161 Å². The second-order valence-corrected chi connectivity index (χ2v) is 8.19. The molecule has 3 fully saturated rings. The summed E-state index contributed by atoms with van der Waals surface area (Å²) in [6, 6.07) is 2.27. The molecule has 0 unspecified atom stereocenters. The number of carbonyl (C=O) groups excluding carboxylic acids is 1. The Balaban J connectivity index is 1.36. The molecule has 3 heterocycles. The molecule has 0 spiro atoms. The number of nitrogens with one attached hydrogen (secondary N) is 1. The number of nitrogens with zero attached hydrogens (tertiary/aromatic N) is 4. The van der Waals surface area contributed by atoms with Gasteiger partial charge in [-0.1, -0.05) is 6.92 Å². The van der Waals surface area contributed by atoms with Gasteiger partial charge in [0.15, 0.2) is 0 Å². The number of morpholine rings is 1. The van der Waals surface area contributed by atoms with E-state index in [-0.39, 0.29) is 12.1 Å². The quantitative estimate of drug-likeness (QED) is 0.882. The average molecular weight is 374 g/mol. The van der Waals surface area contributed by atoms with Crippen LogP contribution in [0.2, 0.25) is 0 Å². The van der Waals surface area contributed by atoms with Gasteiger partial charge in [-0.25, -0.2) is 14.8 Å². The molecule has 1 aromatic rings. The zero-order chi connectivity index (χ0) is 18.6. The summed E-state index contributed by atoms with van der Waals surface area (Å²) in [6.07, 6.45) is 8.61. The van der Waals surface area contributed by atoms with E-state index in [1.165, 1.54) is 25.7 Å². The van der Waals surface area contributed by atoms with Gasteiger partial charge >= 0.3 is 6.03 Å². The SMILES string of the molecule is CC1CCC(NC(=O)N2CCO[C@H](c3ccnc(N4CCCC4)n3)C2)CC1. The highest BCUT2D eigenvalue weighted by Crippen LogP contribution is 2.25. The topological polar surface area (TPSA) is 70.6 Å². The highest BCUT2D eigenvalue weighted by molar-refractivity contribution is 5.74. The van der Waals surface area contributed by atoms with E-state index in [0.717, 1.165) is 43.5 Å². The molecule has 0 bridgehead atoms. The van der Waals surface area contributed by atoms with Crippen LogP contribution in [0.5, 0.6) is 0 Å². The maximum atomic E-state index is 12.7. The number of amides is 2. The summed E-state index contributed by atoms with van der Waals surface area (Å²) in [7, 11) is 0. The Hall–Kier alpha value is -1.89. The number of ether oxygens (including phenoxy) is 1. The first-order chi connectivity index (χ1) is 13.2. The fraction of sp³-hybridized carbons (Fsp3) is 0.750. The number of hydrogen-bond donors (Lipinski definition) is 1. The first-order valence-electron chi connectivity index (χ1n) is 10.4. The molecular formula is C20H31N5O2. The molecule has 7 heteroatoms. The molecule has 0 radical (unpaired) electrons. The van der Waals surface area contributed by atoms with Crippen LogP contribution in [0.1, 0.15) is 57.2 Å². The van der Waals surface area contributed by atoms with Crippen molar-refractivity contribution in [1.82, 2.24) is 20.2 Å². The minimum absolute atomic E-state index is 0.0386. The molecule has 3 aliphatic rings. The average Bonchev–Trinajstić information content (AvgIpc) is 3.25. The number of hydrogen-bond acceptors (Lipinski definition) is 5. The van der Waals surface area contributed by atoms with Gasteiger partial charge in [-0.05, 0) is 50.5 Å². The lowest BCUT2D eigenvalue weighted by Crippen LogP contribution is -2.50. The van der Waals surface area contributed by atoms with Crippen LogP contribution in [0.15, 0.2) is 12.3 Å². The molecule has 1 atom stereocenters. The third kappa shape index (κ3) is 4.51. The first kappa shape index (κ1) is 18.5. The normalized spacial score (nSPS) is 29.0. The Morgan fingerprint density at radius 2 is 1.96 bits per heavy atom. The van der Waals surface area contributed by atoms with Gasteiger partial charge in [0, 0.05) is 31.9 Å². The maximum Gasteiger partial charge on any atom is 0.317 e. The fourth-order valence-corrected chi connectivity index (χ4v) is 4.29. The summed E-state index contributed by atoms with van der Waals surface area (Å²) in [5.74, 6) is 1.57. The van der Waals surface area contributed by atoms with Crippen LogP contribution in [0.4, 0.5) is 10.7 Å². The molecule has 4 rings (SSSR count). The van der Waals surface area contributed by atoms with Gasteiger partial charge in [-0.15, -0.1) is 0 Å². The standard InChI is InChI=1S/C20H31N5O2/c1-15-4-6-16(7-5-15)22-20(26)25-12-13-27-18(14-25)17-8-9-21-19(23-17)24-10-2-3-11-24/h8-9,15-16,18H,2-7,10-14H2,1H3,(H,22,26)/t15?,16?,18-/m0/s1. The van der Waals surface area contributed by atoms with Gasteiger partial charge in [0.2, 0.25) is 5.95 Å². The summed E-state index contributed by atoms with van der Waals surface area (Å²) in [5, 5.41) is 3.23. The van der Waals surface area contributed by atoms with Crippen molar-refractivity contribution in [1.29, 1.82) is 0 Å². The Bertz CT molecular complexity index is 641. The highest BCUT2D eigenvalue weighted by Gasteiger charge is 2.29. The minimum atomic E-state index is -0.180. The van der Waals surface area contributed by atoms with Gasteiger partial charge in [-0.2, -0.15) is 0 Å². The van der Waals surface area contributed by atoms with Crippen molar-refractivity contribution >= 4 is 12.0 Å². The lowest BCUT2D eigenvalue weighted by Gasteiger charge is -2.35. The van der Waals surface area contributed by atoms with E-state index in [2.05, 4.69) is 22.1 Å². The lowest BCUT2D eigenvalue weighted by molar-refractivity contribution is -0.0181. The highest BCUT2D eigenvalue weighted by atomic mass is 16.5. The van der Waals surface area contributed by atoms with Crippen molar-refractivity contribution in [3.63, 3.8) is 0 Å². The molecule has 7 nitrogen and oxygen atoms in total. The van der Waals surface area contributed by atoms with Crippen LogP contribution in [0.3, 0.4) is 0 Å². The zero-order valence-electron chi connectivity index (χ0n) is 16.3. The van der Waals surface area contributed by atoms with Gasteiger partial charge < -0.3 is 19.9 Å². The van der Waals surface area contributed by atoms with Crippen molar-refractivity contribution < 1.29 is 9.53 Å². The number of aromatic nitrogens is 2. The van der Waals surface area contributed by atoms with E-state index in [4.69, 9.17) is 9.72 Å². The van der Waals surface area contributed by atoms with Gasteiger partial charge in [0.1, 0.15) is 6.10 Å². The molecule has 1 N–H and O–H groups in total. The summed E-state index contributed by atoms with van der Waals surface area (Å²) in [4.78, 5) is 26.0. The van der Waals surface area contributed by atoms with Gasteiger partial charge in [0.25, 0.3) is 0 Å². The molecule has 2 saturated heterocycles. The van der Waals surface area contributed by atoms with Crippen LogP contribution in [0, 0.1) is 5.92 Å². The Morgan fingerprint density at radius 1 is 1.19 bits per heavy atom. The van der Waals surface area contributed by atoms with E-state index in [1.807, 2.05) is 17.2 Å². The molecule has 2 amide bonds. The number of carbonyl (C=O) groups is 1. The van der Waals surface area contributed by atoms with Crippen LogP contribution in [-0.2, 0) is 4.74 Å². The predicted molar refractivity (Wildman–Crippen MR) is 104 cm³/mol. The van der Waals surface area contributed by atoms with Crippen LogP contribution in [0.25, 0.3) is 0 Å². The molecule has 1 aliphatic carbocycles. The number of anilines is 1. The van der Waals surface area contributed by atoms with Crippen LogP contribution in [-0.4, -0.2) is 59.7 Å². The van der Waals surface area contributed by atoms with Crippen LogP contribution < -0.4 is 10.2 Å². The van der Waals surface area contributed by atoms with E-state index in [0.29, 0.717) is 25.7 Å². The molecule has 2 aliphatic heterocycles. The molecular weight excluding hydrogens is 342 g/mol. The fourth-order valence-electron chi connectivity index (χ4n) is 4.29. The van der Waals surface area contributed by atoms with Crippen molar-refractivity contribution in [3.05, 3.63) is 18.0 Å². The third-order valence-electron chi connectivity index (χ3n) is 6.08. The van der Waals surface area contributed by atoms with E-state index >= 15 is 0 Å². The monoisotopic (exact) mass is 373 g/mol. The maximum absolute atomic E-state index is 12.7. The molecule has 1 saturated carbocycles. The lowest BCUT2D eigenvalue weighted by atomic mass is 9.87. The van der Waals surface area contributed by atoms with E-state index < -0.39 is 0 Å². The second kappa shape index (κ2) is 8.42. The first-order valence-corrected chi connectivity index (χ1v) is 10.4. The summed E-state index contributed by atoms with van der Waals surface area (Å²) >= 11 is 0. The van der Waals surface area contributed by atoms with Gasteiger partial charge in [0.05, 0.1) is 18.8 Å². The van der Waals surface area contributed by atoms with E-state index in [9.17, 15) is 4.79 Å². The second-order valence-electron chi connectivity index (χ2n) is 8.19. The predicted octanol–water partition coefficient (Wildman–Crippen LogP) is 2.74. The van der Waals surface area contributed by atoms with Crippen LogP contribution >= 0.6 is 0 Å². The smallest absolute Gasteiger partial charge is 0.317 e. The van der Waals surface area contributed by atoms with Crippen molar-refractivity contribution in [2.45, 2.75) is 57.6 Å². The summed E-state index contributed by atoms with van der Waals surface area (Å²) < 4.78 is 5.94. The van der Waals surface area contributed by atoms with E-state index in [1.54, 1.807) is 0 Å². The molecule has 148 valence electrons. The summed E-state index contributed by atoms with van der Waals surface area (Å²) in [6.45, 7) is 6.06. The minimum Gasteiger partial charge on any atom is -0.368 e. The van der Waals surface area contributed by atoms with Crippen molar-refractivity contribution in [2.75, 3.05) is 37.7 Å². The summed E-state index contributed by atoms with van der Waals surface area (Å²) in [5.41, 5.74) is 0.871. The van der Waals surface area contributed by atoms with Crippen molar-refractivity contribution in [3.8, 4) is 0 Å². The Kier molecular flexibility index (Phi) is 5.76. The number of rotatable bonds is 3. The molecule has 1 aromatic heterocycles.